The normalized spacial score (nSPS) is 23.1. The summed E-state index contributed by atoms with van der Waals surface area (Å²) in [6, 6.07) is 0.0386. The molecule has 2 amide bonds. The molecule has 1 fully saturated rings. The fourth-order valence-electron chi connectivity index (χ4n) is 4.38. The largest absolute Gasteiger partial charge is 0.379 e. The van der Waals surface area contributed by atoms with Crippen LogP contribution in [0.5, 0.6) is 0 Å². The standard InChI is InChI=1S/C20H39N3O4/c1-8-13(2)18(22(4)5)16(26-6)12-17(24)23-11-9-10-15(23)19(27-7)14(3)20(21)25/h13-16,18-19H,8-12H2,1-7H3,(H2,21,25). The van der Waals surface area contributed by atoms with E-state index in [0.29, 0.717) is 18.9 Å². The molecule has 1 aliphatic rings. The van der Waals surface area contributed by atoms with Crippen LogP contribution in [0.25, 0.3) is 0 Å². The Kier molecular flexibility index (Phi) is 9.70. The summed E-state index contributed by atoms with van der Waals surface area (Å²) in [6.45, 7) is 6.79. The lowest BCUT2D eigenvalue weighted by molar-refractivity contribution is -0.142. The number of methoxy groups -OCH3 is 2. The smallest absolute Gasteiger partial charge is 0.225 e. The Morgan fingerprint density at radius 1 is 1.22 bits per heavy atom. The van der Waals surface area contributed by atoms with E-state index in [1.54, 1.807) is 21.1 Å². The maximum Gasteiger partial charge on any atom is 0.225 e. The van der Waals surface area contributed by atoms with Crippen molar-refractivity contribution in [3.63, 3.8) is 0 Å². The molecule has 1 aliphatic heterocycles. The Morgan fingerprint density at radius 2 is 1.85 bits per heavy atom. The lowest BCUT2D eigenvalue weighted by atomic mass is 9.91. The molecule has 1 saturated heterocycles. The van der Waals surface area contributed by atoms with Crippen molar-refractivity contribution in [2.75, 3.05) is 34.9 Å². The maximum absolute atomic E-state index is 13.1. The van der Waals surface area contributed by atoms with E-state index in [0.717, 1.165) is 19.3 Å². The third kappa shape index (κ3) is 5.90. The monoisotopic (exact) mass is 385 g/mol. The number of likely N-dealkylation sites (N-methyl/N-ethyl adjacent to an activating group) is 1. The SMILES string of the molecule is CCC(C)C(C(CC(=O)N1CCCC1C(OC)C(C)C(N)=O)OC)N(C)C. The zero-order valence-electron chi connectivity index (χ0n) is 18.1. The molecule has 27 heavy (non-hydrogen) atoms. The van der Waals surface area contributed by atoms with E-state index >= 15 is 0 Å². The van der Waals surface area contributed by atoms with Crippen LogP contribution in [-0.4, -0.2) is 80.8 Å². The third-order valence-corrected chi connectivity index (χ3v) is 6.10. The topological polar surface area (TPSA) is 85.1 Å². The first-order valence-corrected chi connectivity index (χ1v) is 10.00. The van der Waals surface area contributed by atoms with Crippen molar-refractivity contribution in [1.82, 2.24) is 9.80 Å². The van der Waals surface area contributed by atoms with Gasteiger partial charge in [-0.3, -0.25) is 9.59 Å². The summed E-state index contributed by atoms with van der Waals surface area (Å²) in [6.07, 6.45) is 2.50. The van der Waals surface area contributed by atoms with E-state index in [1.807, 2.05) is 19.0 Å². The number of likely N-dealkylation sites (tertiary alicyclic amines) is 1. The quantitative estimate of drug-likeness (QED) is 0.582. The van der Waals surface area contributed by atoms with E-state index in [4.69, 9.17) is 15.2 Å². The fraction of sp³-hybridized carbons (Fsp3) is 0.900. The van der Waals surface area contributed by atoms with Crippen LogP contribution >= 0.6 is 0 Å². The minimum atomic E-state index is -0.443. The van der Waals surface area contributed by atoms with Crippen LogP contribution in [0.1, 0.15) is 46.5 Å². The zero-order valence-corrected chi connectivity index (χ0v) is 18.1. The van der Waals surface area contributed by atoms with Crippen LogP contribution in [0.15, 0.2) is 0 Å². The highest BCUT2D eigenvalue weighted by atomic mass is 16.5. The average molecular weight is 386 g/mol. The van der Waals surface area contributed by atoms with E-state index in [2.05, 4.69) is 18.7 Å². The Morgan fingerprint density at radius 3 is 2.30 bits per heavy atom. The van der Waals surface area contributed by atoms with E-state index in [-0.39, 0.29) is 30.2 Å². The Hall–Kier alpha value is -1.18. The van der Waals surface area contributed by atoms with Gasteiger partial charge in [0, 0.05) is 26.8 Å². The molecule has 0 saturated carbocycles. The number of nitrogens with two attached hydrogens (primary N) is 1. The summed E-state index contributed by atoms with van der Waals surface area (Å²) >= 11 is 0. The summed E-state index contributed by atoms with van der Waals surface area (Å²) in [5.41, 5.74) is 5.48. The molecule has 1 rings (SSSR count). The molecular formula is C20H39N3O4. The van der Waals surface area contributed by atoms with E-state index < -0.39 is 11.8 Å². The Bertz CT molecular complexity index is 486. The number of carbonyl (C=O) groups is 2. The molecular weight excluding hydrogens is 346 g/mol. The van der Waals surface area contributed by atoms with Gasteiger partial charge < -0.3 is 25.0 Å². The second kappa shape index (κ2) is 11.0. The van der Waals surface area contributed by atoms with Crippen molar-refractivity contribution in [2.24, 2.45) is 17.6 Å². The van der Waals surface area contributed by atoms with Gasteiger partial charge in [0.1, 0.15) is 0 Å². The maximum atomic E-state index is 13.1. The van der Waals surface area contributed by atoms with Crippen LogP contribution in [0.3, 0.4) is 0 Å². The molecule has 0 aromatic heterocycles. The first kappa shape index (κ1) is 23.9. The first-order valence-electron chi connectivity index (χ1n) is 10.00. The molecule has 0 radical (unpaired) electrons. The molecule has 6 atom stereocenters. The molecule has 6 unspecified atom stereocenters. The van der Waals surface area contributed by atoms with Crippen molar-refractivity contribution >= 4 is 11.8 Å². The van der Waals surface area contributed by atoms with Crippen LogP contribution < -0.4 is 5.73 Å². The number of primary amides is 1. The Balaban J connectivity index is 2.93. The number of nitrogens with zero attached hydrogens (tertiary/aromatic N) is 2. The van der Waals surface area contributed by atoms with Gasteiger partial charge in [0.25, 0.3) is 0 Å². The highest BCUT2D eigenvalue weighted by Gasteiger charge is 2.40. The van der Waals surface area contributed by atoms with Gasteiger partial charge in [-0.1, -0.05) is 27.2 Å². The van der Waals surface area contributed by atoms with Crippen LogP contribution in [-0.2, 0) is 19.1 Å². The molecule has 0 aliphatic carbocycles. The first-order chi connectivity index (χ1) is 12.7. The van der Waals surface area contributed by atoms with E-state index in [1.165, 1.54) is 0 Å². The third-order valence-electron chi connectivity index (χ3n) is 6.10. The van der Waals surface area contributed by atoms with Gasteiger partial charge >= 0.3 is 0 Å². The molecule has 0 bridgehead atoms. The molecule has 158 valence electrons. The van der Waals surface area contributed by atoms with Crippen LogP contribution in [0, 0.1) is 11.8 Å². The Labute approximate surface area is 164 Å². The number of amides is 2. The second-order valence-corrected chi connectivity index (χ2v) is 8.01. The summed E-state index contributed by atoms with van der Waals surface area (Å²) in [5.74, 6) is -0.381. The van der Waals surface area contributed by atoms with Crippen molar-refractivity contribution in [2.45, 2.75) is 70.7 Å². The molecule has 0 aromatic rings. The van der Waals surface area contributed by atoms with Gasteiger partial charge in [-0.25, -0.2) is 0 Å². The van der Waals surface area contributed by atoms with Crippen molar-refractivity contribution < 1.29 is 19.1 Å². The summed E-state index contributed by atoms with van der Waals surface area (Å²) in [4.78, 5) is 28.8. The van der Waals surface area contributed by atoms with Gasteiger partial charge in [0.15, 0.2) is 0 Å². The second-order valence-electron chi connectivity index (χ2n) is 8.01. The van der Waals surface area contributed by atoms with Crippen LogP contribution in [0.2, 0.25) is 0 Å². The minimum Gasteiger partial charge on any atom is -0.379 e. The molecule has 7 heteroatoms. The number of hydrogen-bond acceptors (Lipinski definition) is 5. The predicted octanol–water partition coefficient (Wildman–Crippen LogP) is 1.50. The summed E-state index contributed by atoms with van der Waals surface area (Å²) in [7, 11) is 7.31. The molecule has 0 aromatic carbocycles. The molecule has 7 nitrogen and oxygen atoms in total. The van der Waals surface area contributed by atoms with Crippen molar-refractivity contribution in [3.8, 4) is 0 Å². The molecule has 0 spiro atoms. The van der Waals surface area contributed by atoms with Gasteiger partial charge in [0.05, 0.1) is 30.6 Å². The van der Waals surface area contributed by atoms with Crippen LogP contribution in [0.4, 0.5) is 0 Å². The predicted molar refractivity (Wildman–Crippen MR) is 106 cm³/mol. The van der Waals surface area contributed by atoms with Crippen molar-refractivity contribution in [1.29, 1.82) is 0 Å². The van der Waals surface area contributed by atoms with Crippen molar-refractivity contribution in [3.05, 3.63) is 0 Å². The summed E-state index contributed by atoms with van der Waals surface area (Å²) in [5, 5.41) is 0. The minimum absolute atomic E-state index is 0.0539. The van der Waals surface area contributed by atoms with Gasteiger partial charge in [-0.2, -0.15) is 0 Å². The van der Waals surface area contributed by atoms with Gasteiger partial charge in [-0.05, 0) is 32.9 Å². The number of ether oxygens (including phenoxy) is 2. The number of carbonyl (C=O) groups excluding carboxylic acids is 2. The van der Waals surface area contributed by atoms with Gasteiger partial charge in [0.2, 0.25) is 11.8 Å². The lowest BCUT2D eigenvalue weighted by Crippen LogP contribution is -2.51. The molecule has 1 heterocycles. The summed E-state index contributed by atoms with van der Waals surface area (Å²) < 4.78 is 11.3. The number of hydrogen-bond donors (Lipinski definition) is 1. The number of rotatable bonds is 11. The highest BCUT2D eigenvalue weighted by molar-refractivity contribution is 5.79. The van der Waals surface area contributed by atoms with E-state index in [9.17, 15) is 9.59 Å². The zero-order chi connectivity index (χ0) is 20.7. The lowest BCUT2D eigenvalue weighted by Gasteiger charge is -2.37. The van der Waals surface area contributed by atoms with Gasteiger partial charge in [-0.15, -0.1) is 0 Å². The highest BCUT2D eigenvalue weighted by Crippen LogP contribution is 2.28. The molecule has 2 N–H and O–H groups in total. The fourth-order valence-corrected chi connectivity index (χ4v) is 4.38. The average Bonchev–Trinajstić information content (AvgIpc) is 3.10.